The average molecular weight is 517 g/mol. The smallest absolute Gasteiger partial charge is 0.311 e. The summed E-state index contributed by atoms with van der Waals surface area (Å²) >= 11 is 0. The van der Waals surface area contributed by atoms with E-state index in [1.54, 1.807) is 6.07 Å². The molecule has 2 fully saturated rings. The molecule has 0 radical (unpaired) electrons. The molecule has 11 nitrogen and oxygen atoms in total. The standard InChI is InChI=1S/C27H32N8O3/c36-24-22(17-21(18-23(24)35(37)38)16-20-10-4-1-5-11-20)19-28-32-25-29-26(33-12-6-2-7-13-33)31-27(30-25)34-14-8-3-9-15-34/h1,4-5,10-11,17-19,36H,2-3,6-9,12-16H2,(H,29,30,31,32)/b28-19+. The van der Waals surface area contributed by atoms with E-state index in [4.69, 9.17) is 4.98 Å². The highest BCUT2D eigenvalue weighted by molar-refractivity contribution is 5.86. The summed E-state index contributed by atoms with van der Waals surface area (Å²) in [7, 11) is 0. The number of nitro groups is 1. The average Bonchev–Trinajstić information content (AvgIpc) is 2.96. The van der Waals surface area contributed by atoms with E-state index in [9.17, 15) is 15.2 Å². The van der Waals surface area contributed by atoms with Crippen LogP contribution in [0, 0.1) is 10.1 Å². The molecular weight excluding hydrogens is 484 g/mol. The number of anilines is 3. The van der Waals surface area contributed by atoms with E-state index in [1.807, 2.05) is 30.3 Å². The lowest BCUT2D eigenvalue weighted by atomic mass is 10.0. The first-order chi connectivity index (χ1) is 18.6. The molecule has 2 N–H and O–H groups in total. The first-order valence-electron chi connectivity index (χ1n) is 13.2. The number of aromatic hydroxyl groups is 1. The van der Waals surface area contributed by atoms with Crippen LogP contribution in [-0.2, 0) is 6.42 Å². The van der Waals surface area contributed by atoms with Gasteiger partial charge in [-0.2, -0.15) is 20.1 Å². The van der Waals surface area contributed by atoms with E-state index in [1.165, 1.54) is 25.1 Å². The van der Waals surface area contributed by atoms with Crippen molar-refractivity contribution in [2.45, 2.75) is 44.9 Å². The second kappa shape index (κ2) is 11.8. The summed E-state index contributed by atoms with van der Waals surface area (Å²) in [6.07, 6.45) is 8.66. The first-order valence-corrected chi connectivity index (χ1v) is 13.2. The Morgan fingerprint density at radius 1 is 0.895 bits per heavy atom. The molecule has 0 unspecified atom stereocenters. The number of phenols is 1. The van der Waals surface area contributed by atoms with Crippen LogP contribution in [0.3, 0.4) is 0 Å². The monoisotopic (exact) mass is 516 g/mol. The zero-order valence-corrected chi connectivity index (χ0v) is 21.3. The Balaban J connectivity index is 1.41. The first kappa shape index (κ1) is 25.4. The summed E-state index contributed by atoms with van der Waals surface area (Å²) in [6.45, 7) is 3.60. The van der Waals surface area contributed by atoms with Crippen molar-refractivity contribution in [1.82, 2.24) is 15.0 Å². The zero-order chi connectivity index (χ0) is 26.3. The minimum Gasteiger partial charge on any atom is -0.502 e. The Morgan fingerprint density at radius 2 is 1.50 bits per heavy atom. The molecule has 0 atom stereocenters. The molecule has 0 spiro atoms. The molecule has 2 aromatic carbocycles. The number of nitrogens with one attached hydrogen (secondary N) is 1. The number of nitrogens with zero attached hydrogens (tertiary/aromatic N) is 7. The van der Waals surface area contributed by atoms with Crippen LogP contribution in [-0.4, -0.2) is 57.4 Å². The number of hydrogen-bond donors (Lipinski definition) is 2. The van der Waals surface area contributed by atoms with E-state index in [2.05, 4.69) is 30.3 Å². The normalized spacial score (nSPS) is 16.1. The number of nitro benzene ring substituents is 1. The molecule has 3 heterocycles. The predicted octanol–water partition coefficient (Wildman–Crippen LogP) is 4.50. The lowest BCUT2D eigenvalue weighted by molar-refractivity contribution is -0.385. The van der Waals surface area contributed by atoms with Crippen LogP contribution < -0.4 is 15.2 Å². The fourth-order valence-electron chi connectivity index (χ4n) is 4.91. The highest BCUT2D eigenvalue weighted by Gasteiger charge is 2.21. The van der Waals surface area contributed by atoms with Crippen LogP contribution in [0.2, 0.25) is 0 Å². The number of hydrazone groups is 1. The molecule has 2 saturated heterocycles. The van der Waals surface area contributed by atoms with Gasteiger partial charge >= 0.3 is 5.69 Å². The van der Waals surface area contributed by atoms with Crippen LogP contribution in [0.25, 0.3) is 0 Å². The Kier molecular flexibility index (Phi) is 7.91. The van der Waals surface area contributed by atoms with Gasteiger partial charge in [0.2, 0.25) is 23.6 Å². The summed E-state index contributed by atoms with van der Waals surface area (Å²) in [5.74, 6) is 1.12. The zero-order valence-electron chi connectivity index (χ0n) is 21.3. The minimum absolute atomic E-state index is 0.235. The van der Waals surface area contributed by atoms with Crippen molar-refractivity contribution in [3.63, 3.8) is 0 Å². The molecule has 198 valence electrons. The van der Waals surface area contributed by atoms with Gasteiger partial charge in [0.1, 0.15) is 0 Å². The lowest BCUT2D eigenvalue weighted by Crippen LogP contribution is -2.34. The molecular formula is C27H32N8O3. The second-order valence-corrected chi connectivity index (χ2v) is 9.70. The highest BCUT2D eigenvalue weighted by Crippen LogP contribution is 2.31. The maximum absolute atomic E-state index is 11.6. The molecule has 11 heteroatoms. The third-order valence-electron chi connectivity index (χ3n) is 6.88. The predicted molar refractivity (Wildman–Crippen MR) is 147 cm³/mol. The van der Waals surface area contributed by atoms with Crippen LogP contribution in [0.4, 0.5) is 23.5 Å². The summed E-state index contributed by atoms with van der Waals surface area (Å²) in [5, 5.41) is 26.4. The molecule has 0 bridgehead atoms. The quantitative estimate of drug-likeness (QED) is 0.252. The second-order valence-electron chi connectivity index (χ2n) is 9.70. The molecule has 2 aliphatic rings. The summed E-state index contributed by atoms with van der Waals surface area (Å²) in [5.41, 5.74) is 4.45. The van der Waals surface area contributed by atoms with Crippen LogP contribution in [0.1, 0.15) is 55.2 Å². The van der Waals surface area contributed by atoms with Crippen molar-refractivity contribution in [1.29, 1.82) is 0 Å². The van der Waals surface area contributed by atoms with Gasteiger partial charge in [0.05, 0.1) is 11.1 Å². The lowest BCUT2D eigenvalue weighted by Gasteiger charge is -2.30. The van der Waals surface area contributed by atoms with Crippen molar-refractivity contribution >= 4 is 29.7 Å². The topological polar surface area (TPSA) is 133 Å². The van der Waals surface area contributed by atoms with E-state index in [-0.39, 0.29) is 11.3 Å². The van der Waals surface area contributed by atoms with Crippen molar-refractivity contribution in [2.75, 3.05) is 41.4 Å². The maximum atomic E-state index is 11.6. The van der Waals surface area contributed by atoms with Crippen molar-refractivity contribution in [3.05, 3.63) is 69.3 Å². The molecule has 0 aliphatic carbocycles. The Morgan fingerprint density at radius 3 is 2.08 bits per heavy atom. The Labute approximate surface area is 221 Å². The van der Waals surface area contributed by atoms with E-state index in [0.29, 0.717) is 29.8 Å². The van der Waals surface area contributed by atoms with Gasteiger partial charge in [-0.1, -0.05) is 30.3 Å². The van der Waals surface area contributed by atoms with Gasteiger partial charge in [-0.05, 0) is 62.1 Å². The SMILES string of the molecule is O=[N+]([O-])c1cc(Cc2ccccc2)cc(/C=N/Nc2nc(N3CCCCC3)nc(N3CCCCC3)n2)c1O. The molecule has 1 aromatic heterocycles. The summed E-state index contributed by atoms with van der Waals surface area (Å²) < 4.78 is 0. The van der Waals surface area contributed by atoms with Gasteiger partial charge in [-0.15, -0.1) is 0 Å². The van der Waals surface area contributed by atoms with E-state index < -0.39 is 10.7 Å². The molecule has 38 heavy (non-hydrogen) atoms. The van der Waals surface area contributed by atoms with Gasteiger partial charge < -0.3 is 14.9 Å². The third kappa shape index (κ3) is 6.16. The fraction of sp³-hybridized carbons (Fsp3) is 0.407. The number of hydrogen-bond acceptors (Lipinski definition) is 10. The Hall–Kier alpha value is -4.28. The van der Waals surface area contributed by atoms with E-state index in [0.717, 1.165) is 57.4 Å². The molecule has 0 amide bonds. The van der Waals surface area contributed by atoms with Crippen molar-refractivity contribution < 1.29 is 10.0 Å². The van der Waals surface area contributed by atoms with Gasteiger partial charge in [0, 0.05) is 37.8 Å². The van der Waals surface area contributed by atoms with Gasteiger partial charge in [0.25, 0.3) is 0 Å². The molecule has 3 aromatic rings. The third-order valence-corrected chi connectivity index (χ3v) is 6.88. The highest BCUT2D eigenvalue weighted by atomic mass is 16.6. The minimum atomic E-state index is -0.587. The fourth-order valence-corrected chi connectivity index (χ4v) is 4.91. The molecule has 2 aliphatic heterocycles. The van der Waals surface area contributed by atoms with E-state index >= 15 is 0 Å². The molecule has 0 saturated carbocycles. The van der Waals surface area contributed by atoms with Crippen LogP contribution in [0.5, 0.6) is 5.75 Å². The summed E-state index contributed by atoms with van der Waals surface area (Å²) in [6, 6.07) is 12.8. The van der Waals surface area contributed by atoms with Crippen molar-refractivity contribution in [2.24, 2.45) is 5.10 Å². The largest absolute Gasteiger partial charge is 0.502 e. The summed E-state index contributed by atoms with van der Waals surface area (Å²) in [4.78, 5) is 29.3. The number of benzene rings is 2. The maximum Gasteiger partial charge on any atom is 0.311 e. The molecule has 5 rings (SSSR count). The number of aromatic nitrogens is 3. The number of phenolic OH excluding ortho intramolecular Hbond substituents is 1. The number of rotatable bonds is 8. The van der Waals surface area contributed by atoms with Gasteiger partial charge in [-0.3, -0.25) is 10.1 Å². The van der Waals surface area contributed by atoms with Crippen LogP contribution >= 0.6 is 0 Å². The Bertz CT molecular complexity index is 1250. The van der Waals surface area contributed by atoms with Crippen molar-refractivity contribution in [3.8, 4) is 5.75 Å². The van der Waals surface area contributed by atoms with Crippen LogP contribution in [0.15, 0.2) is 47.6 Å². The number of piperidine rings is 2. The van der Waals surface area contributed by atoms with Gasteiger partial charge in [-0.25, -0.2) is 5.43 Å². The van der Waals surface area contributed by atoms with Gasteiger partial charge in [0.15, 0.2) is 0 Å².